The average Bonchev–Trinajstić information content (AvgIpc) is 3.08. The van der Waals surface area contributed by atoms with E-state index in [4.69, 9.17) is 4.74 Å². The van der Waals surface area contributed by atoms with Gasteiger partial charge in [0.05, 0.1) is 30.1 Å². The second kappa shape index (κ2) is 9.28. The summed E-state index contributed by atoms with van der Waals surface area (Å²) in [7, 11) is -2.93. The lowest BCUT2D eigenvalue weighted by atomic mass is 10.1. The zero-order chi connectivity index (χ0) is 20.1. The Labute approximate surface area is 170 Å². The molecule has 2 atom stereocenters. The standard InChI is InChI=1S/C19H27N3O4S2/c1-13(2)26-9-3-8-20-18(23)10-14-4-6-15(7-5-14)21-19-22-16-11-28(24,25)12-17(16)27-19/h4-7,13,16-17H,3,8-12H2,1-2H3,(H,20,23)(H,21,22)/t16-,17+/m1/s1. The minimum Gasteiger partial charge on any atom is -0.379 e. The normalized spacial score (nSPS) is 22.8. The van der Waals surface area contributed by atoms with Crippen molar-refractivity contribution in [3.63, 3.8) is 0 Å². The fourth-order valence-corrected chi connectivity index (χ4v) is 6.79. The van der Waals surface area contributed by atoms with Crippen LogP contribution in [0, 0.1) is 0 Å². The number of aliphatic imine (C=N–C) groups is 1. The summed E-state index contributed by atoms with van der Waals surface area (Å²) in [5, 5.41) is 6.93. The summed E-state index contributed by atoms with van der Waals surface area (Å²) in [4.78, 5) is 16.5. The van der Waals surface area contributed by atoms with Gasteiger partial charge in [-0.15, -0.1) is 0 Å². The minimum atomic E-state index is -2.93. The predicted molar refractivity (Wildman–Crippen MR) is 114 cm³/mol. The molecule has 0 aliphatic carbocycles. The molecule has 0 saturated carbocycles. The van der Waals surface area contributed by atoms with Gasteiger partial charge in [-0.2, -0.15) is 0 Å². The minimum absolute atomic E-state index is 0.00462. The number of nitrogens with zero attached hydrogens (tertiary/aromatic N) is 1. The van der Waals surface area contributed by atoms with Crippen LogP contribution in [0.1, 0.15) is 25.8 Å². The van der Waals surface area contributed by atoms with Gasteiger partial charge in [0, 0.05) is 24.1 Å². The van der Waals surface area contributed by atoms with Gasteiger partial charge in [-0.05, 0) is 38.0 Å². The molecule has 0 aromatic heterocycles. The van der Waals surface area contributed by atoms with Crippen molar-refractivity contribution in [2.75, 3.05) is 30.0 Å². The summed E-state index contributed by atoms with van der Waals surface area (Å²) >= 11 is 1.49. The molecule has 2 aliphatic heterocycles. The number of amidine groups is 1. The zero-order valence-corrected chi connectivity index (χ0v) is 17.8. The maximum Gasteiger partial charge on any atom is 0.224 e. The summed E-state index contributed by atoms with van der Waals surface area (Å²) in [6, 6.07) is 7.51. The zero-order valence-electron chi connectivity index (χ0n) is 16.2. The molecule has 1 fully saturated rings. The second-order valence-corrected chi connectivity index (χ2v) is 10.7. The maximum absolute atomic E-state index is 12.0. The van der Waals surface area contributed by atoms with Crippen LogP contribution in [0.3, 0.4) is 0 Å². The highest BCUT2D eigenvalue weighted by molar-refractivity contribution is 8.15. The van der Waals surface area contributed by atoms with Gasteiger partial charge in [-0.3, -0.25) is 9.79 Å². The molecule has 1 amide bonds. The third-order valence-electron chi connectivity index (χ3n) is 4.48. The van der Waals surface area contributed by atoms with Gasteiger partial charge in [0.1, 0.15) is 0 Å². The highest BCUT2D eigenvalue weighted by Gasteiger charge is 2.42. The number of hydrogen-bond donors (Lipinski definition) is 2. The molecular weight excluding hydrogens is 398 g/mol. The molecule has 2 aliphatic rings. The first-order valence-electron chi connectivity index (χ1n) is 9.50. The lowest BCUT2D eigenvalue weighted by Gasteiger charge is -2.09. The molecule has 0 spiro atoms. The number of anilines is 1. The fourth-order valence-electron chi connectivity index (χ4n) is 3.11. The van der Waals surface area contributed by atoms with E-state index in [1.807, 2.05) is 38.1 Å². The van der Waals surface area contributed by atoms with Crippen LogP contribution in [-0.2, 0) is 25.8 Å². The lowest BCUT2D eigenvalue weighted by molar-refractivity contribution is -0.120. The van der Waals surface area contributed by atoms with Gasteiger partial charge < -0.3 is 15.4 Å². The number of carbonyl (C=O) groups excluding carboxylic acids is 1. The molecule has 0 unspecified atom stereocenters. The van der Waals surface area contributed by atoms with E-state index >= 15 is 0 Å². The van der Waals surface area contributed by atoms with Crippen molar-refractivity contribution in [3.8, 4) is 0 Å². The molecule has 28 heavy (non-hydrogen) atoms. The van der Waals surface area contributed by atoms with Crippen LogP contribution < -0.4 is 10.6 Å². The predicted octanol–water partition coefficient (Wildman–Crippen LogP) is 1.84. The molecule has 1 aromatic carbocycles. The van der Waals surface area contributed by atoms with E-state index in [9.17, 15) is 13.2 Å². The fraction of sp³-hybridized carbons (Fsp3) is 0.579. The first kappa shape index (κ1) is 21.1. The molecule has 0 radical (unpaired) electrons. The highest BCUT2D eigenvalue weighted by Crippen LogP contribution is 2.34. The Morgan fingerprint density at radius 1 is 1.29 bits per heavy atom. The number of ether oxygens (including phenoxy) is 1. The third kappa shape index (κ3) is 6.22. The van der Waals surface area contributed by atoms with Crippen molar-refractivity contribution in [1.82, 2.24) is 5.32 Å². The Kier molecular flexibility index (Phi) is 7.00. The van der Waals surface area contributed by atoms with Crippen LogP contribution in [0.4, 0.5) is 5.69 Å². The van der Waals surface area contributed by atoms with Gasteiger partial charge in [-0.1, -0.05) is 23.9 Å². The number of nitrogens with one attached hydrogen (secondary N) is 2. The Bertz CT molecular complexity index is 822. The van der Waals surface area contributed by atoms with Crippen LogP contribution in [0.2, 0.25) is 0 Å². The topological polar surface area (TPSA) is 96.9 Å². The van der Waals surface area contributed by atoms with Crippen molar-refractivity contribution >= 4 is 38.4 Å². The number of fused-ring (bicyclic) bond motifs is 1. The summed E-state index contributed by atoms with van der Waals surface area (Å²) in [5.41, 5.74) is 1.81. The summed E-state index contributed by atoms with van der Waals surface area (Å²) in [6.07, 6.45) is 1.35. The first-order chi connectivity index (χ1) is 13.3. The number of carbonyl (C=O) groups is 1. The molecule has 154 valence electrons. The molecule has 2 N–H and O–H groups in total. The van der Waals surface area contributed by atoms with Crippen molar-refractivity contribution in [1.29, 1.82) is 0 Å². The molecule has 7 nitrogen and oxygen atoms in total. The number of hydrogen-bond acceptors (Lipinski definition) is 7. The monoisotopic (exact) mass is 425 g/mol. The van der Waals surface area contributed by atoms with Crippen LogP contribution in [0.5, 0.6) is 0 Å². The maximum atomic E-state index is 12.0. The van der Waals surface area contributed by atoms with Gasteiger partial charge in [0.15, 0.2) is 15.0 Å². The van der Waals surface area contributed by atoms with E-state index in [1.54, 1.807) is 0 Å². The molecule has 3 rings (SSSR count). The van der Waals surface area contributed by atoms with Crippen molar-refractivity contribution in [2.24, 2.45) is 4.99 Å². The molecular formula is C19H27N3O4S2. The Balaban J connectivity index is 1.41. The average molecular weight is 426 g/mol. The second-order valence-electron chi connectivity index (χ2n) is 7.36. The van der Waals surface area contributed by atoms with E-state index in [2.05, 4.69) is 15.6 Å². The van der Waals surface area contributed by atoms with Gasteiger partial charge >= 0.3 is 0 Å². The highest BCUT2D eigenvalue weighted by atomic mass is 32.2. The Morgan fingerprint density at radius 3 is 2.71 bits per heavy atom. The number of rotatable bonds is 8. The van der Waals surface area contributed by atoms with E-state index in [0.717, 1.165) is 22.8 Å². The van der Waals surface area contributed by atoms with Crippen LogP contribution in [-0.4, -0.2) is 61.5 Å². The van der Waals surface area contributed by atoms with Gasteiger partial charge in [-0.25, -0.2) is 8.42 Å². The molecule has 9 heteroatoms. The van der Waals surface area contributed by atoms with Gasteiger partial charge in [0.25, 0.3) is 0 Å². The van der Waals surface area contributed by atoms with Gasteiger partial charge in [0.2, 0.25) is 5.91 Å². The van der Waals surface area contributed by atoms with E-state index < -0.39 is 9.84 Å². The van der Waals surface area contributed by atoms with Crippen molar-refractivity contribution < 1.29 is 17.9 Å². The molecule has 2 heterocycles. The Hall–Kier alpha value is -1.58. The summed E-state index contributed by atoms with van der Waals surface area (Å²) in [6.45, 7) is 5.24. The molecule has 0 bridgehead atoms. The lowest BCUT2D eigenvalue weighted by Crippen LogP contribution is -2.27. The SMILES string of the molecule is CC(C)OCCCNC(=O)Cc1ccc(NC2=N[C@@H]3CS(=O)(=O)C[C@@H]3S2)cc1. The molecule has 1 aromatic rings. The van der Waals surface area contributed by atoms with E-state index in [-0.39, 0.29) is 34.8 Å². The van der Waals surface area contributed by atoms with E-state index in [0.29, 0.717) is 19.6 Å². The summed E-state index contributed by atoms with van der Waals surface area (Å²) in [5.74, 6) is 0.345. The van der Waals surface area contributed by atoms with Crippen LogP contribution in [0.25, 0.3) is 0 Å². The first-order valence-corrected chi connectivity index (χ1v) is 12.2. The number of amides is 1. The summed E-state index contributed by atoms with van der Waals surface area (Å²) < 4.78 is 28.7. The van der Waals surface area contributed by atoms with Crippen molar-refractivity contribution in [3.05, 3.63) is 29.8 Å². The number of thioether (sulfide) groups is 1. The largest absolute Gasteiger partial charge is 0.379 e. The Morgan fingerprint density at radius 2 is 2.04 bits per heavy atom. The smallest absolute Gasteiger partial charge is 0.224 e. The van der Waals surface area contributed by atoms with Crippen LogP contribution >= 0.6 is 11.8 Å². The molecule has 1 saturated heterocycles. The van der Waals surface area contributed by atoms with E-state index in [1.165, 1.54) is 11.8 Å². The third-order valence-corrected chi connectivity index (χ3v) is 7.62. The van der Waals surface area contributed by atoms with Crippen LogP contribution in [0.15, 0.2) is 29.3 Å². The quantitative estimate of drug-likeness (QED) is 0.617. The van der Waals surface area contributed by atoms with Crippen molar-refractivity contribution in [2.45, 2.75) is 44.1 Å². The number of benzene rings is 1. The number of sulfone groups is 1.